The Hall–Kier alpha value is -4.10. The molecule has 0 atom stereocenters. The second-order valence-electron chi connectivity index (χ2n) is 7.04. The van der Waals surface area contributed by atoms with Gasteiger partial charge in [0, 0.05) is 16.1 Å². The molecule has 0 aliphatic carbocycles. The van der Waals surface area contributed by atoms with E-state index in [2.05, 4.69) is 51.7 Å². The lowest BCUT2D eigenvalue weighted by molar-refractivity contribution is 0.102. The van der Waals surface area contributed by atoms with E-state index in [9.17, 15) is 13.2 Å². The number of amides is 1. The number of hydrogen-bond donors (Lipinski definition) is 3. The maximum atomic E-state index is 13.0. The molecule has 34 heavy (non-hydrogen) atoms. The first-order valence-corrected chi connectivity index (χ1v) is 12.0. The fourth-order valence-corrected chi connectivity index (χ4v) is 4.68. The van der Waals surface area contributed by atoms with Crippen molar-refractivity contribution in [2.45, 2.75) is 4.90 Å². The monoisotopic (exact) mass is 539 g/mol. The minimum Gasteiger partial charge on any atom is -0.355 e. The molecule has 0 aliphatic heterocycles. The summed E-state index contributed by atoms with van der Waals surface area (Å²) in [6.07, 6.45) is 0. The van der Waals surface area contributed by atoms with Crippen LogP contribution in [0.5, 0.6) is 0 Å². The fourth-order valence-electron chi connectivity index (χ4n) is 3.25. The first-order chi connectivity index (χ1) is 16.4. The molecule has 0 radical (unpaired) electrons. The van der Waals surface area contributed by atoms with Crippen LogP contribution in [0.15, 0.2) is 80.6 Å². The van der Waals surface area contributed by atoms with Crippen molar-refractivity contribution in [2.75, 3.05) is 10.0 Å². The molecule has 0 saturated carbocycles. The van der Waals surface area contributed by atoms with Crippen LogP contribution in [-0.4, -0.2) is 40.1 Å². The summed E-state index contributed by atoms with van der Waals surface area (Å²) in [6, 6.07) is 17.7. The van der Waals surface area contributed by atoms with Gasteiger partial charge in [-0.25, -0.2) is 8.42 Å². The summed E-state index contributed by atoms with van der Waals surface area (Å²) in [7, 11) is -3.78. The number of halogens is 1. The number of fused-ring (bicyclic) bond motifs is 1. The molecule has 0 unspecified atom stereocenters. The number of aromatic amines is 1. The Morgan fingerprint density at radius 2 is 1.85 bits per heavy atom. The molecule has 11 nitrogen and oxygen atoms in total. The lowest BCUT2D eigenvalue weighted by Crippen LogP contribution is -2.14. The zero-order valence-corrected chi connectivity index (χ0v) is 19.5. The van der Waals surface area contributed by atoms with Crippen LogP contribution in [0.2, 0.25) is 0 Å². The molecular formula is C21H14BrN7O4S. The van der Waals surface area contributed by atoms with Gasteiger partial charge in [0.2, 0.25) is 5.82 Å². The number of sulfonamides is 1. The van der Waals surface area contributed by atoms with Crippen LogP contribution in [0, 0.1) is 0 Å². The lowest BCUT2D eigenvalue weighted by atomic mass is 10.1. The summed E-state index contributed by atoms with van der Waals surface area (Å²) in [6.45, 7) is 0. The van der Waals surface area contributed by atoms with Gasteiger partial charge in [-0.05, 0) is 47.7 Å². The molecule has 0 fully saturated rings. The average molecular weight is 540 g/mol. The van der Waals surface area contributed by atoms with Crippen LogP contribution in [0.3, 0.4) is 0 Å². The Kier molecular flexibility index (Phi) is 5.55. The van der Waals surface area contributed by atoms with Crippen LogP contribution < -0.4 is 10.0 Å². The maximum Gasteiger partial charge on any atom is 0.278 e. The number of carbonyl (C=O) groups is 1. The molecule has 2 heterocycles. The van der Waals surface area contributed by atoms with Gasteiger partial charge in [0.25, 0.3) is 15.9 Å². The predicted molar refractivity (Wildman–Crippen MR) is 127 cm³/mol. The molecule has 170 valence electrons. The van der Waals surface area contributed by atoms with Gasteiger partial charge in [0.15, 0.2) is 11.3 Å². The van der Waals surface area contributed by atoms with Crippen molar-refractivity contribution < 1.29 is 17.7 Å². The number of H-pyrrole nitrogens is 1. The Morgan fingerprint density at radius 1 is 1.03 bits per heavy atom. The number of benzene rings is 3. The summed E-state index contributed by atoms with van der Waals surface area (Å²) >= 11 is 3.39. The van der Waals surface area contributed by atoms with E-state index in [4.69, 9.17) is 4.52 Å². The van der Waals surface area contributed by atoms with Gasteiger partial charge in [0.1, 0.15) is 0 Å². The van der Waals surface area contributed by atoms with Crippen molar-refractivity contribution in [3.63, 3.8) is 0 Å². The number of carbonyl (C=O) groups excluding carboxylic acids is 1. The number of rotatable bonds is 6. The number of nitrogens with zero attached hydrogens (tertiary/aromatic N) is 4. The molecule has 13 heteroatoms. The molecule has 3 N–H and O–H groups in total. The van der Waals surface area contributed by atoms with Crippen LogP contribution >= 0.6 is 15.9 Å². The quantitative estimate of drug-likeness (QED) is 0.294. The standard InChI is InChI=1S/C21H14BrN7O4S/c22-12-6-9-17(16(10-12)20-24-28-29-25-20)23-21(30)19-15-8-7-13(11-18(15)33-26-19)27-34(31,32)14-4-2-1-3-5-14/h1-11,27H,(H,23,30)(H,24,25,28,29). The molecule has 1 amide bonds. The van der Waals surface area contributed by atoms with E-state index in [0.29, 0.717) is 22.5 Å². The molecule has 0 spiro atoms. The van der Waals surface area contributed by atoms with Gasteiger partial charge < -0.3 is 9.84 Å². The topological polar surface area (TPSA) is 156 Å². The second-order valence-corrected chi connectivity index (χ2v) is 9.64. The van der Waals surface area contributed by atoms with E-state index in [1.54, 1.807) is 42.5 Å². The van der Waals surface area contributed by atoms with Crippen molar-refractivity contribution in [2.24, 2.45) is 0 Å². The van der Waals surface area contributed by atoms with Crippen LogP contribution in [0.1, 0.15) is 10.5 Å². The van der Waals surface area contributed by atoms with Crippen molar-refractivity contribution in [1.82, 2.24) is 25.8 Å². The molecule has 0 saturated heterocycles. The van der Waals surface area contributed by atoms with Gasteiger partial charge in [-0.1, -0.05) is 39.3 Å². The highest BCUT2D eigenvalue weighted by atomic mass is 79.9. The van der Waals surface area contributed by atoms with E-state index in [1.165, 1.54) is 24.3 Å². The number of hydrogen-bond acceptors (Lipinski definition) is 8. The lowest BCUT2D eigenvalue weighted by Gasteiger charge is -2.09. The normalized spacial score (nSPS) is 11.4. The minimum absolute atomic E-state index is 0.0365. The third-order valence-corrected chi connectivity index (χ3v) is 6.70. The first-order valence-electron chi connectivity index (χ1n) is 9.73. The molecular weight excluding hydrogens is 526 g/mol. The third kappa shape index (κ3) is 4.25. The van der Waals surface area contributed by atoms with E-state index >= 15 is 0 Å². The van der Waals surface area contributed by atoms with E-state index in [1.807, 2.05) is 0 Å². The smallest absolute Gasteiger partial charge is 0.278 e. The number of nitrogens with one attached hydrogen (secondary N) is 3. The van der Waals surface area contributed by atoms with E-state index < -0.39 is 15.9 Å². The van der Waals surface area contributed by atoms with Gasteiger partial charge in [0.05, 0.1) is 21.7 Å². The molecule has 0 aliphatic rings. The third-order valence-electron chi connectivity index (χ3n) is 4.81. The van der Waals surface area contributed by atoms with Gasteiger partial charge in [-0.15, -0.1) is 10.2 Å². The van der Waals surface area contributed by atoms with Crippen LogP contribution in [0.4, 0.5) is 11.4 Å². The van der Waals surface area contributed by atoms with Crippen molar-refractivity contribution >= 4 is 54.2 Å². The largest absolute Gasteiger partial charge is 0.355 e. The SMILES string of the molecule is O=C(Nc1ccc(Br)cc1-c1nn[nH]n1)c1noc2cc(NS(=O)(=O)c3ccccc3)ccc12. The highest BCUT2D eigenvalue weighted by Crippen LogP contribution is 2.30. The predicted octanol–water partition coefficient (Wildman–Crippen LogP) is 3.82. The Balaban J connectivity index is 1.41. The maximum absolute atomic E-state index is 13.0. The second kappa shape index (κ2) is 8.68. The summed E-state index contributed by atoms with van der Waals surface area (Å²) in [5.41, 5.74) is 1.54. The number of anilines is 2. The Labute approximate surface area is 200 Å². The Morgan fingerprint density at radius 3 is 2.62 bits per heavy atom. The first kappa shape index (κ1) is 21.7. The highest BCUT2D eigenvalue weighted by molar-refractivity contribution is 9.10. The molecule has 5 aromatic rings. The van der Waals surface area contributed by atoms with Gasteiger partial charge >= 0.3 is 0 Å². The van der Waals surface area contributed by atoms with Gasteiger partial charge in [-0.3, -0.25) is 9.52 Å². The zero-order chi connectivity index (χ0) is 23.7. The summed E-state index contributed by atoms with van der Waals surface area (Å²) in [5, 5.41) is 20.9. The zero-order valence-electron chi connectivity index (χ0n) is 17.1. The molecule has 5 rings (SSSR count). The summed E-state index contributed by atoms with van der Waals surface area (Å²) in [5.74, 6) is -0.222. The van der Waals surface area contributed by atoms with E-state index in [0.717, 1.165) is 4.47 Å². The molecule has 3 aromatic carbocycles. The number of tetrazole rings is 1. The van der Waals surface area contributed by atoms with Gasteiger partial charge in [-0.2, -0.15) is 5.21 Å². The molecule has 2 aromatic heterocycles. The van der Waals surface area contributed by atoms with Crippen molar-refractivity contribution in [1.29, 1.82) is 0 Å². The summed E-state index contributed by atoms with van der Waals surface area (Å²) < 4.78 is 33.7. The van der Waals surface area contributed by atoms with Crippen LogP contribution in [0.25, 0.3) is 22.4 Å². The Bertz CT molecular complexity index is 1600. The minimum atomic E-state index is -3.78. The fraction of sp³-hybridized carbons (Fsp3) is 0. The average Bonchev–Trinajstić information content (AvgIpc) is 3.50. The van der Waals surface area contributed by atoms with Crippen LogP contribution in [-0.2, 0) is 10.0 Å². The highest BCUT2D eigenvalue weighted by Gasteiger charge is 2.20. The number of aromatic nitrogens is 5. The molecule has 0 bridgehead atoms. The van der Waals surface area contributed by atoms with E-state index in [-0.39, 0.29) is 21.9 Å². The van der Waals surface area contributed by atoms with Crippen molar-refractivity contribution in [3.8, 4) is 11.4 Å². The summed E-state index contributed by atoms with van der Waals surface area (Å²) in [4.78, 5) is 13.1. The van der Waals surface area contributed by atoms with Crippen molar-refractivity contribution in [3.05, 3.63) is 76.9 Å².